The molecular weight excluding hydrogens is 174 g/mol. The van der Waals surface area contributed by atoms with Crippen LogP contribution in [0.4, 0.5) is 0 Å². The second-order valence-electron chi connectivity index (χ2n) is 3.40. The maximum absolute atomic E-state index is 5.43. The largest absolute Gasteiger partial charge is 0.494 e. The highest BCUT2D eigenvalue weighted by Crippen LogP contribution is 2.25. The lowest BCUT2D eigenvalue weighted by Crippen LogP contribution is -2.01. The summed E-state index contributed by atoms with van der Waals surface area (Å²) in [6, 6.07) is 6.28. The maximum Gasteiger partial charge on any atom is 0.119 e. The van der Waals surface area contributed by atoms with Gasteiger partial charge in [0.1, 0.15) is 5.76 Å². The average molecular weight is 189 g/mol. The maximum atomic E-state index is 5.43. The van der Waals surface area contributed by atoms with Crippen molar-refractivity contribution >= 4 is 5.76 Å². The Morgan fingerprint density at radius 3 is 3.14 bits per heavy atom. The van der Waals surface area contributed by atoms with Crippen molar-refractivity contribution in [2.75, 3.05) is 6.61 Å². The molecular formula is C12H15NO. The second-order valence-corrected chi connectivity index (χ2v) is 3.40. The van der Waals surface area contributed by atoms with Crippen LogP contribution in [0, 0.1) is 0 Å². The molecule has 0 saturated heterocycles. The smallest absolute Gasteiger partial charge is 0.119 e. The zero-order chi connectivity index (χ0) is 9.97. The molecule has 14 heavy (non-hydrogen) atoms. The molecule has 1 aliphatic rings. The first kappa shape index (κ1) is 9.28. The highest BCUT2D eigenvalue weighted by atomic mass is 16.5. The Hall–Kier alpha value is -1.28. The first-order chi connectivity index (χ1) is 6.83. The minimum absolute atomic E-state index is 0.677. The molecule has 2 nitrogen and oxygen atoms in total. The Labute approximate surface area is 84.6 Å². The minimum Gasteiger partial charge on any atom is -0.494 e. The molecule has 0 fully saturated rings. The predicted molar refractivity (Wildman–Crippen MR) is 57.6 cm³/mol. The van der Waals surface area contributed by atoms with Crippen LogP contribution >= 0.6 is 0 Å². The van der Waals surface area contributed by atoms with E-state index in [9.17, 15) is 0 Å². The van der Waals surface area contributed by atoms with Crippen LogP contribution in [-0.4, -0.2) is 6.61 Å². The van der Waals surface area contributed by atoms with Gasteiger partial charge in [-0.2, -0.15) is 0 Å². The summed E-state index contributed by atoms with van der Waals surface area (Å²) in [5, 5.41) is 3.33. The fourth-order valence-corrected chi connectivity index (χ4v) is 1.84. The summed E-state index contributed by atoms with van der Waals surface area (Å²) in [6.45, 7) is 8.49. The van der Waals surface area contributed by atoms with Crippen LogP contribution in [0.1, 0.15) is 23.6 Å². The number of hydrogen-bond acceptors (Lipinski definition) is 2. The van der Waals surface area contributed by atoms with Gasteiger partial charge in [-0.25, -0.2) is 0 Å². The van der Waals surface area contributed by atoms with Crippen LogP contribution in [-0.2, 0) is 17.8 Å². The van der Waals surface area contributed by atoms with E-state index in [4.69, 9.17) is 4.74 Å². The second kappa shape index (κ2) is 3.84. The fourth-order valence-electron chi connectivity index (χ4n) is 1.84. The van der Waals surface area contributed by atoms with Gasteiger partial charge in [0.2, 0.25) is 0 Å². The third kappa shape index (κ3) is 1.53. The van der Waals surface area contributed by atoms with Gasteiger partial charge in [-0.3, -0.25) is 0 Å². The van der Waals surface area contributed by atoms with Gasteiger partial charge in [-0.05, 0) is 18.1 Å². The van der Waals surface area contributed by atoms with E-state index in [1.807, 2.05) is 6.92 Å². The standard InChI is InChI=1S/C12H15NO/c1-3-14-9(2)11-6-4-5-10-7-13-8-12(10)11/h4-6,13H,2-3,7-8H2,1H3. The van der Waals surface area contributed by atoms with Gasteiger partial charge in [0.25, 0.3) is 0 Å². The molecule has 74 valence electrons. The molecule has 0 atom stereocenters. The van der Waals surface area contributed by atoms with E-state index in [0.717, 1.165) is 24.4 Å². The summed E-state index contributed by atoms with van der Waals surface area (Å²) < 4.78 is 5.43. The molecule has 2 heteroatoms. The Morgan fingerprint density at radius 2 is 2.36 bits per heavy atom. The van der Waals surface area contributed by atoms with Gasteiger partial charge in [0.05, 0.1) is 6.61 Å². The molecule has 1 heterocycles. The summed E-state index contributed by atoms with van der Waals surface area (Å²) in [4.78, 5) is 0. The zero-order valence-electron chi connectivity index (χ0n) is 8.47. The van der Waals surface area contributed by atoms with Crippen LogP contribution in [0.15, 0.2) is 24.8 Å². The normalized spacial score (nSPS) is 13.8. The zero-order valence-corrected chi connectivity index (χ0v) is 8.47. The molecule has 0 saturated carbocycles. The number of ether oxygens (including phenoxy) is 1. The fraction of sp³-hybridized carbons (Fsp3) is 0.333. The van der Waals surface area contributed by atoms with Crippen LogP contribution in [0.3, 0.4) is 0 Å². The van der Waals surface area contributed by atoms with Gasteiger partial charge in [-0.1, -0.05) is 24.8 Å². The molecule has 0 amide bonds. The molecule has 0 aromatic heterocycles. The molecule has 0 radical (unpaired) electrons. The SMILES string of the molecule is C=C(OCC)c1cccc2c1CNC2. The van der Waals surface area contributed by atoms with Crippen molar-refractivity contribution in [2.24, 2.45) is 0 Å². The number of rotatable bonds is 3. The molecule has 1 aliphatic heterocycles. The molecule has 0 spiro atoms. The van der Waals surface area contributed by atoms with Crippen molar-refractivity contribution in [3.63, 3.8) is 0 Å². The number of fused-ring (bicyclic) bond motifs is 1. The van der Waals surface area contributed by atoms with Gasteiger partial charge >= 0.3 is 0 Å². The summed E-state index contributed by atoms with van der Waals surface area (Å²) in [6.07, 6.45) is 0. The molecule has 0 bridgehead atoms. The highest BCUT2D eigenvalue weighted by molar-refractivity contribution is 5.63. The molecule has 1 aromatic carbocycles. The molecule has 1 aromatic rings. The van der Waals surface area contributed by atoms with E-state index in [-0.39, 0.29) is 0 Å². The number of nitrogens with one attached hydrogen (secondary N) is 1. The number of benzene rings is 1. The Kier molecular flexibility index (Phi) is 2.55. The first-order valence-corrected chi connectivity index (χ1v) is 4.96. The van der Waals surface area contributed by atoms with Crippen molar-refractivity contribution in [3.8, 4) is 0 Å². The quantitative estimate of drug-likeness (QED) is 0.737. The van der Waals surface area contributed by atoms with E-state index >= 15 is 0 Å². The Bertz CT molecular complexity index is 357. The van der Waals surface area contributed by atoms with Crippen LogP contribution in [0.25, 0.3) is 5.76 Å². The van der Waals surface area contributed by atoms with Crippen LogP contribution in [0.5, 0.6) is 0 Å². The summed E-state index contributed by atoms with van der Waals surface area (Å²) in [5.41, 5.74) is 3.85. The average Bonchev–Trinajstić information content (AvgIpc) is 2.65. The van der Waals surface area contributed by atoms with Gasteiger partial charge in [0.15, 0.2) is 0 Å². The number of hydrogen-bond donors (Lipinski definition) is 1. The van der Waals surface area contributed by atoms with Crippen LogP contribution in [0.2, 0.25) is 0 Å². The summed E-state index contributed by atoms with van der Waals surface area (Å²) >= 11 is 0. The van der Waals surface area contributed by atoms with Gasteiger partial charge in [-0.15, -0.1) is 0 Å². The Balaban J connectivity index is 2.34. The van der Waals surface area contributed by atoms with Gasteiger partial charge < -0.3 is 10.1 Å². The topological polar surface area (TPSA) is 21.3 Å². The third-order valence-corrected chi connectivity index (χ3v) is 2.51. The first-order valence-electron chi connectivity index (χ1n) is 4.96. The van der Waals surface area contributed by atoms with E-state index in [0.29, 0.717) is 6.61 Å². The lowest BCUT2D eigenvalue weighted by molar-refractivity contribution is 0.299. The monoisotopic (exact) mass is 189 g/mol. The molecule has 0 aliphatic carbocycles. The molecule has 1 N–H and O–H groups in total. The van der Waals surface area contributed by atoms with Crippen molar-refractivity contribution in [3.05, 3.63) is 41.5 Å². The van der Waals surface area contributed by atoms with E-state index in [1.54, 1.807) is 0 Å². The molecule has 0 unspecified atom stereocenters. The van der Waals surface area contributed by atoms with Gasteiger partial charge in [0, 0.05) is 18.7 Å². The lowest BCUT2D eigenvalue weighted by atomic mass is 10.0. The van der Waals surface area contributed by atoms with Crippen molar-refractivity contribution < 1.29 is 4.74 Å². The van der Waals surface area contributed by atoms with E-state index in [2.05, 4.69) is 30.1 Å². The van der Waals surface area contributed by atoms with Crippen molar-refractivity contribution in [2.45, 2.75) is 20.0 Å². The highest BCUT2D eigenvalue weighted by Gasteiger charge is 2.15. The summed E-state index contributed by atoms with van der Waals surface area (Å²) in [7, 11) is 0. The third-order valence-electron chi connectivity index (χ3n) is 2.51. The van der Waals surface area contributed by atoms with Crippen molar-refractivity contribution in [1.82, 2.24) is 5.32 Å². The van der Waals surface area contributed by atoms with Crippen molar-refractivity contribution in [1.29, 1.82) is 0 Å². The predicted octanol–water partition coefficient (Wildman–Crippen LogP) is 2.30. The summed E-state index contributed by atoms with van der Waals surface area (Å²) in [5.74, 6) is 0.785. The lowest BCUT2D eigenvalue weighted by Gasteiger charge is -2.10. The van der Waals surface area contributed by atoms with Crippen LogP contribution < -0.4 is 5.32 Å². The van der Waals surface area contributed by atoms with E-state index in [1.165, 1.54) is 11.1 Å². The molecule has 2 rings (SSSR count). The minimum atomic E-state index is 0.677. The van der Waals surface area contributed by atoms with E-state index < -0.39 is 0 Å². The Morgan fingerprint density at radius 1 is 1.50 bits per heavy atom.